The Morgan fingerprint density at radius 3 is 2.65 bits per heavy atom. The minimum atomic E-state index is 0.625. The number of nitrogens with zero attached hydrogens (tertiary/aromatic N) is 3. The van der Waals surface area contributed by atoms with Gasteiger partial charge in [-0.2, -0.15) is 5.10 Å². The van der Waals surface area contributed by atoms with Crippen LogP contribution in [0.5, 0.6) is 0 Å². The summed E-state index contributed by atoms with van der Waals surface area (Å²) in [6.45, 7) is 2.81. The van der Waals surface area contributed by atoms with E-state index in [9.17, 15) is 0 Å². The highest BCUT2D eigenvalue weighted by molar-refractivity contribution is 7.71. The number of H-pyrrole nitrogens is 1. The van der Waals surface area contributed by atoms with E-state index in [0.29, 0.717) is 11.3 Å². The fraction of sp³-hybridized carbons (Fsp3) is 0.133. The Balaban J connectivity index is 2.05. The van der Waals surface area contributed by atoms with Crippen LogP contribution in [0.3, 0.4) is 0 Å². The van der Waals surface area contributed by atoms with E-state index in [1.54, 1.807) is 12.4 Å². The Bertz CT molecular complexity index is 774. The summed E-state index contributed by atoms with van der Waals surface area (Å²) < 4.78 is 2.63. The lowest BCUT2D eigenvalue weighted by Gasteiger charge is -2.09. The van der Waals surface area contributed by atoms with Crippen molar-refractivity contribution in [3.63, 3.8) is 0 Å². The van der Waals surface area contributed by atoms with Crippen molar-refractivity contribution in [1.82, 2.24) is 19.7 Å². The van der Waals surface area contributed by atoms with Crippen molar-refractivity contribution in [2.45, 2.75) is 13.5 Å². The summed E-state index contributed by atoms with van der Waals surface area (Å²) in [5, 5.41) is 7.20. The van der Waals surface area contributed by atoms with Crippen LogP contribution in [0.2, 0.25) is 0 Å². The monoisotopic (exact) mass is 282 g/mol. The van der Waals surface area contributed by atoms with Gasteiger partial charge in [-0.15, -0.1) is 0 Å². The molecule has 0 spiro atoms. The van der Waals surface area contributed by atoms with Crippen molar-refractivity contribution in [2.75, 3.05) is 0 Å². The molecule has 0 aliphatic heterocycles. The molecule has 0 radical (unpaired) electrons. The lowest BCUT2D eigenvalue weighted by Crippen LogP contribution is -2.04. The van der Waals surface area contributed by atoms with Crippen LogP contribution >= 0.6 is 12.2 Å². The van der Waals surface area contributed by atoms with Gasteiger partial charge in [0.05, 0.1) is 6.54 Å². The van der Waals surface area contributed by atoms with E-state index in [-0.39, 0.29) is 0 Å². The third-order valence-electron chi connectivity index (χ3n) is 3.29. The topological polar surface area (TPSA) is 46.5 Å². The molecule has 0 saturated heterocycles. The summed E-state index contributed by atoms with van der Waals surface area (Å²) in [5.41, 5.74) is 3.48. The summed E-state index contributed by atoms with van der Waals surface area (Å²) in [5.74, 6) is 0.834. The predicted molar refractivity (Wildman–Crippen MR) is 80.9 cm³/mol. The molecule has 0 aliphatic rings. The lowest BCUT2D eigenvalue weighted by molar-refractivity contribution is 0.785. The molecule has 0 amide bonds. The summed E-state index contributed by atoms with van der Waals surface area (Å²) in [7, 11) is 0. The maximum atomic E-state index is 5.34. The van der Waals surface area contributed by atoms with E-state index in [4.69, 9.17) is 12.2 Å². The summed E-state index contributed by atoms with van der Waals surface area (Å²) in [6, 6.07) is 12.2. The number of benzene rings is 1. The molecule has 5 heteroatoms. The van der Waals surface area contributed by atoms with Gasteiger partial charge < -0.3 is 0 Å². The maximum absolute atomic E-state index is 5.34. The first kappa shape index (κ1) is 12.7. The molecular weight excluding hydrogens is 268 g/mol. The molecule has 2 heterocycles. The molecule has 0 unspecified atom stereocenters. The molecule has 1 N–H and O–H groups in total. The van der Waals surface area contributed by atoms with E-state index < -0.39 is 0 Å². The van der Waals surface area contributed by atoms with E-state index in [1.807, 2.05) is 28.8 Å². The summed E-state index contributed by atoms with van der Waals surface area (Å²) in [6.07, 6.45) is 3.51. The Morgan fingerprint density at radius 1 is 1.15 bits per heavy atom. The second-order valence-corrected chi connectivity index (χ2v) is 4.99. The third-order valence-corrected chi connectivity index (χ3v) is 3.60. The van der Waals surface area contributed by atoms with Crippen LogP contribution in [0.25, 0.3) is 11.4 Å². The summed E-state index contributed by atoms with van der Waals surface area (Å²) in [4.78, 5) is 4.03. The number of aromatic amines is 1. The number of aromatic nitrogens is 4. The van der Waals surface area contributed by atoms with Crippen LogP contribution < -0.4 is 0 Å². The minimum absolute atomic E-state index is 0.625. The van der Waals surface area contributed by atoms with Crippen molar-refractivity contribution in [3.8, 4) is 11.4 Å². The Morgan fingerprint density at radius 2 is 1.90 bits per heavy atom. The van der Waals surface area contributed by atoms with Gasteiger partial charge in [-0.3, -0.25) is 14.6 Å². The second-order valence-electron chi connectivity index (χ2n) is 4.60. The third kappa shape index (κ3) is 2.40. The van der Waals surface area contributed by atoms with E-state index in [0.717, 1.165) is 11.4 Å². The smallest absolute Gasteiger partial charge is 0.195 e. The maximum Gasteiger partial charge on any atom is 0.195 e. The highest BCUT2D eigenvalue weighted by Crippen LogP contribution is 2.18. The molecular formula is C15H14N4S. The van der Waals surface area contributed by atoms with Gasteiger partial charge in [0, 0.05) is 18.0 Å². The van der Waals surface area contributed by atoms with Gasteiger partial charge in [0.15, 0.2) is 10.6 Å². The van der Waals surface area contributed by atoms with Crippen LogP contribution in [0.1, 0.15) is 11.1 Å². The van der Waals surface area contributed by atoms with Gasteiger partial charge in [-0.05, 0) is 42.4 Å². The standard InChI is InChI=1S/C15H14N4S/c1-11-4-2-3-5-13(11)10-19-14(17-18-15(19)20)12-6-8-16-9-7-12/h2-9H,10H2,1H3,(H,18,20). The van der Waals surface area contributed by atoms with Gasteiger partial charge in [0.2, 0.25) is 0 Å². The van der Waals surface area contributed by atoms with E-state index in [1.165, 1.54) is 11.1 Å². The second kappa shape index (κ2) is 5.38. The molecule has 2 aromatic heterocycles. The van der Waals surface area contributed by atoms with Gasteiger partial charge in [-0.1, -0.05) is 24.3 Å². The van der Waals surface area contributed by atoms with Crippen molar-refractivity contribution >= 4 is 12.2 Å². The summed E-state index contributed by atoms with van der Waals surface area (Å²) >= 11 is 5.34. The SMILES string of the molecule is Cc1ccccc1Cn1c(-c2ccncc2)n[nH]c1=S. The first-order valence-corrected chi connectivity index (χ1v) is 6.76. The lowest BCUT2D eigenvalue weighted by atomic mass is 10.1. The largest absolute Gasteiger partial charge is 0.296 e. The number of hydrogen-bond acceptors (Lipinski definition) is 3. The van der Waals surface area contributed by atoms with Gasteiger partial charge in [0.25, 0.3) is 0 Å². The normalized spacial score (nSPS) is 10.7. The minimum Gasteiger partial charge on any atom is -0.296 e. The number of rotatable bonds is 3. The van der Waals surface area contributed by atoms with Crippen molar-refractivity contribution in [3.05, 3.63) is 64.7 Å². The highest BCUT2D eigenvalue weighted by Gasteiger charge is 2.09. The number of pyridine rings is 1. The number of hydrogen-bond donors (Lipinski definition) is 1. The van der Waals surface area contributed by atoms with Crippen LogP contribution in [-0.2, 0) is 6.54 Å². The molecule has 4 nitrogen and oxygen atoms in total. The predicted octanol–water partition coefficient (Wildman–Crippen LogP) is 3.36. The van der Waals surface area contributed by atoms with Gasteiger partial charge >= 0.3 is 0 Å². The molecule has 0 atom stereocenters. The van der Waals surface area contributed by atoms with E-state index >= 15 is 0 Å². The average molecular weight is 282 g/mol. The highest BCUT2D eigenvalue weighted by atomic mass is 32.1. The zero-order valence-electron chi connectivity index (χ0n) is 11.1. The molecule has 3 aromatic rings. The quantitative estimate of drug-likeness (QED) is 0.749. The van der Waals surface area contributed by atoms with Crippen molar-refractivity contribution < 1.29 is 0 Å². The van der Waals surface area contributed by atoms with E-state index in [2.05, 4.69) is 34.2 Å². The van der Waals surface area contributed by atoms with Crippen LogP contribution in [0, 0.1) is 11.7 Å². The zero-order chi connectivity index (χ0) is 13.9. The molecule has 20 heavy (non-hydrogen) atoms. The first-order chi connectivity index (χ1) is 9.75. The fourth-order valence-electron chi connectivity index (χ4n) is 2.14. The first-order valence-electron chi connectivity index (χ1n) is 6.36. The number of nitrogens with one attached hydrogen (secondary N) is 1. The molecule has 3 rings (SSSR count). The van der Waals surface area contributed by atoms with Crippen molar-refractivity contribution in [1.29, 1.82) is 0 Å². The fourth-order valence-corrected chi connectivity index (χ4v) is 2.34. The molecule has 0 fully saturated rings. The van der Waals surface area contributed by atoms with Gasteiger partial charge in [0.1, 0.15) is 0 Å². The van der Waals surface area contributed by atoms with Gasteiger partial charge in [-0.25, -0.2) is 0 Å². The molecule has 0 aliphatic carbocycles. The van der Waals surface area contributed by atoms with Crippen molar-refractivity contribution in [2.24, 2.45) is 0 Å². The zero-order valence-corrected chi connectivity index (χ0v) is 11.9. The molecule has 100 valence electrons. The van der Waals surface area contributed by atoms with Crippen LogP contribution in [-0.4, -0.2) is 19.7 Å². The van der Waals surface area contributed by atoms with Crippen LogP contribution in [0.4, 0.5) is 0 Å². The molecule has 0 bridgehead atoms. The Hall–Kier alpha value is -2.27. The molecule has 0 saturated carbocycles. The Labute approximate surface area is 122 Å². The van der Waals surface area contributed by atoms with Crippen LogP contribution in [0.15, 0.2) is 48.8 Å². The Kier molecular flexibility index (Phi) is 3.43. The molecule has 1 aromatic carbocycles. The number of aryl methyl sites for hydroxylation is 1. The average Bonchev–Trinajstić information content (AvgIpc) is 2.84.